The van der Waals surface area contributed by atoms with E-state index in [0.29, 0.717) is 18.9 Å². The van der Waals surface area contributed by atoms with Crippen LogP contribution in [-0.2, 0) is 9.59 Å². The van der Waals surface area contributed by atoms with E-state index in [2.05, 4.69) is 19.2 Å². The molecule has 1 N–H and O–H groups in total. The molecule has 1 fully saturated rings. The molecule has 2 amide bonds. The molecule has 1 aliphatic heterocycles. The highest BCUT2D eigenvalue weighted by Crippen LogP contribution is 2.09. The molecular formula is C12H22N2O2. The molecule has 4 heteroatoms. The predicted octanol–water partition coefficient (Wildman–Crippen LogP) is 1.16. The summed E-state index contributed by atoms with van der Waals surface area (Å²) in [6.45, 7) is 5.92. The molecule has 0 radical (unpaired) electrons. The average molecular weight is 226 g/mol. The summed E-state index contributed by atoms with van der Waals surface area (Å²) in [6.07, 6.45) is 3.56. The van der Waals surface area contributed by atoms with Gasteiger partial charge in [0, 0.05) is 19.5 Å². The summed E-state index contributed by atoms with van der Waals surface area (Å²) in [5, 5.41) is 2.85. The van der Waals surface area contributed by atoms with Crippen LogP contribution in [0.1, 0.15) is 39.5 Å². The van der Waals surface area contributed by atoms with Crippen LogP contribution in [0.4, 0.5) is 0 Å². The fourth-order valence-electron chi connectivity index (χ4n) is 1.76. The SMILES string of the molecule is CC(C)CCNC(=O)CN1CCCCC1=O. The molecule has 1 heterocycles. The van der Waals surface area contributed by atoms with E-state index >= 15 is 0 Å². The molecule has 0 saturated carbocycles. The van der Waals surface area contributed by atoms with Crippen molar-refractivity contribution in [2.24, 2.45) is 5.92 Å². The van der Waals surface area contributed by atoms with E-state index in [4.69, 9.17) is 0 Å². The van der Waals surface area contributed by atoms with Crippen molar-refractivity contribution in [1.82, 2.24) is 10.2 Å². The van der Waals surface area contributed by atoms with Gasteiger partial charge in [0.2, 0.25) is 11.8 Å². The van der Waals surface area contributed by atoms with Crippen LogP contribution in [0, 0.1) is 5.92 Å². The van der Waals surface area contributed by atoms with Crippen molar-refractivity contribution in [2.45, 2.75) is 39.5 Å². The van der Waals surface area contributed by atoms with Crippen molar-refractivity contribution in [3.63, 3.8) is 0 Å². The molecule has 1 aliphatic rings. The van der Waals surface area contributed by atoms with Gasteiger partial charge in [-0.1, -0.05) is 13.8 Å². The minimum absolute atomic E-state index is 0.0316. The normalized spacial score (nSPS) is 16.7. The fraction of sp³-hybridized carbons (Fsp3) is 0.833. The number of hydrogen-bond donors (Lipinski definition) is 1. The van der Waals surface area contributed by atoms with Crippen LogP contribution in [0.25, 0.3) is 0 Å². The molecule has 1 rings (SSSR count). The van der Waals surface area contributed by atoms with Gasteiger partial charge in [0.1, 0.15) is 0 Å². The smallest absolute Gasteiger partial charge is 0.239 e. The molecule has 0 spiro atoms. The van der Waals surface area contributed by atoms with Crippen LogP contribution in [0.2, 0.25) is 0 Å². The summed E-state index contributed by atoms with van der Waals surface area (Å²) in [4.78, 5) is 24.7. The number of nitrogens with zero attached hydrogens (tertiary/aromatic N) is 1. The Morgan fingerprint density at radius 1 is 1.44 bits per heavy atom. The highest BCUT2D eigenvalue weighted by Gasteiger charge is 2.19. The Morgan fingerprint density at radius 3 is 2.81 bits per heavy atom. The highest BCUT2D eigenvalue weighted by atomic mass is 16.2. The zero-order valence-corrected chi connectivity index (χ0v) is 10.3. The maximum atomic E-state index is 11.5. The first-order valence-corrected chi connectivity index (χ1v) is 6.14. The van der Waals surface area contributed by atoms with Crippen molar-refractivity contribution in [3.8, 4) is 0 Å². The average Bonchev–Trinajstić information content (AvgIpc) is 2.21. The van der Waals surface area contributed by atoms with E-state index in [0.717, 1.165) is 25.8 Å². The van der Waals surface area contributed by atoms with Crippen LogP contribution in [0.15, 0.2) is 0 Å². The third-order valence-electron chi connectivity index (χ3n) is 2.80. The lowest BCUT2D eigenvalue weighted by molar-refractivity contribution is -0.137. The van der Waals surface area contributed by atoms with Crippen molar-refractivity contribution >= 4 is 11.8 Å². The number of hydrogen-bond acceptors (Lipinski definition) is 2. The zero-order valence-electron chi connectivity index (χ0n) is 10.3. The van der Waals surface area contributed by atoms with E-state index in [1.54, 1.807) is 4.90 Å². The molecule has 0 aliphatic carbocycles. The van der Waals surface area contributed by atoms with E-state index < -0.39 is 0 Å². The Morgan fingerprint density at radius 2 is 2.19 bits per heavy atom. The van der Waals surface area contributed by atoms with Crippen molar-refractivity contribution < 1.29 is 9.59 Å². The van der Waals surface area contributed by atoms with E-state index in [9.17, 15) is 9.59 Å². The number of nitrogens with one attached hydrogen (secondary N) is 1. The monoisotopic (exact) mass is 226 g/mol. The topological polar surface area (TPSA) is 49.4 Å². The Balaban J connectivity index is 2.20. The summed E-state index contributed by atoms with van der Waals surface area (Å²) in [5.41, 5.74) is 0. The molecule has 16 heavy (non-hydrogen) atoms. The highest BCUT2D eigenvalue weighted by molar-refractivity contribution is 5.85. The minimum Gasteiger partial charge on any atom is -0.355 e. The number of likely N-dealkylation sites (tertiary alicyclic amines) is 1. The summed E-state index contributed by atoms with van der Waals surface area (Å²) in [7, 11) is 0. The third kappa shape index (κ3) is 4.64. The van der Waals surface area contributed by atoms with Crippen LogP contribution >= 0.6 is 0 Å². The lowest BCUT2D eigenvalue weighted by atomic mass is 10.1. The quantitative estimate of drug-likeness (QED) is 0.765. The van der Waals surface area contributed by atoms with E-state index in [-0.39, 0.29) is 18.4 Å². The number of carbonyl (C=O) groups excluding carboxylic acids is 2. The van der Waals surface area contributed by atoms with Gasteiger partial charge in [-0.25, -0.2) is 0 Å². The first kappa shape index (κ1) is 13.0. The van der Waals surface area contributed by atoms with E-state index in [1.807, 2.05) is 0 Å². The first-order chi connectivity index (χ1) is 7.59. The summed E-state index contributed by atoms with van der Waals surface area (Å²) < 4.78 is 0. The molecule has 0 unspecified atom stereocenters. The Kier molecular flexibility index (Phi) is 5.29. The van der Waals surface area contributed by atoms with Crippen LogP contribution < -0.4 is 5.32 Å². The number of piperidine rings is 1. The van der Waals surface area contributed by atoms with Crippen LogP contribution in [0.3, 0.4) is 0 Å². The second-order valence-electron chi connectivity index (χ2n) is 4.80. The predicted molar refractivity (Wildman–Crippen MR) is 62.9 cm³/mol. The first-order valence-electron chi connectivity index (χ1n) is 6.14. The molecular weight excluding hydrogens is 204 g/mol. The van der Waals surface area contributed by atoms with Gasteiger partial charge in [0.15, 0.2) is 0 Å². The van der Waals surface area contributed by atoms with Gasteiger partial charge < -0.3 is 10.2 Å². The Labute approximate surface area is 97.4 Å². The summed E-state index contributed by atoms with van der Waals surface area (Å²) >= 11 is 0. The maximum absolute atomic E-state index is 11.5. The van der Waals surface area contributed by atoms with Crippen molar-refractivity contribution in [3.05, 3.63) is 0 Å². The molecule has 0 aromatic heterocycles. The number of carbonyl (C=O) groups is 2. The van der Waals surface area contributed by atoms with E-state index in [1.165, 1.54) is 0 Å². The number of rotatable bonds is 5. The van der Waals surface area contributed by atoms with Gasteiger partial charge >= 0.3 is 0 Å². The van der Waals surface area contributed by atoms with Gasteiger partial charge in [-0.2, -0.15) is 0 Å². The third-order valence-corrected chi connectivity index (χ3v) is 2.80. The second-order valence-corrected chi connectivity index (χ2v) is 4.80. The zero-order chi connectivity index (χ0) is 12.0. The Bertz CT molecular complexity index is 251. The molecule has 0 bridgehead atoms. The van der Waals surface area contributed by atoms with Crippen LogP contribution in [0.5, 0.6) is 0 Å². The summed E-state index contributed by atoms with van der Waals surface area (Å²) in [6, 6.07) is 0. The van der Waals surface area contributed by atoms with Gasteiger partial charge in [-0.15, -0.1) is 0 Å². The van der Waals surface area contributed by atoms with Gasteiger partial charge in [-0.05, 0) is 25.2 Å². The Hall–Kier alpha value is -1.06. The second kappa shape index (κ2) is 6.51. The molecule has 0 aromatic carbocycles. The molecule has 4 nitrogen and oxygen atoms in total. The van der Waals surface area contributed by atoms with Gasteiger partial charge in [0.05, 0.1) is 6.54 Å². The van der Waals surface area contributed by atoms with Gasteiger partial charge in [0.25, 0.3) is 0 Å². The lowest BCUT2D eigenvalue weighted by Crippen LogP contribution is -2.43. The largest absolute Gasteiger partial charge is 0.355 e. The van der Waals surface area contributed by atoms with Crippen molar-refractivity contribution in [2.75, 3.05) is 19.6 Å². The van der Waals surface area contributed by atoms with Crippen molar-refractivity contribution in [1.29, 1.82) is 0 Å². The lowest BCUT2D eigenvalue weighted by Gasteiger charge is -2.26. The minimum atomic E-state index is -0.0316. The standard InChI is InChI=1S/C12H22N2O2/c1-10(2)6-7-13-11(15)9-14-8-4-3-5-12(14)16/h10H,3-9H2,1-2H3,(H,13,15). The summed E-state index contributed by atoms with van der Waals surface area (Å²) in [5.74, 6) is 0.679. The fourth-order valence-corrected chi connectivity index (χ4v) is 1.76. The van der Waals surface area contributed by atoms with Crippen LogP contribution in [-0.4, -0.2) is 36.3 Å². The molecule has 0 atom stereocenters. The molecule has 1 saturated heterocycles. The molecule has 0 aromatic rings. The van der Waals surface area contributed by atoms with Gasteiger partial charge in [-0.3, -0.25) is 9.59 Å². The number of amides is 2. The maximum Gasteiger partial charge on any atom is 0.239 e. The molecule has 92 valence electrons.